The maximum atomic E-state index is 13.1. The van der Waals surface area contributed by atoms with Crippen molar-refractivity contribution in [3.63, 3.8) is 0 Å². The number of aliphatic hydroxyl groups is 1. The number of hydrogen-bond donors (Lipinski definition) is 1. The maximum absolute atomic E-state index is 13.1. The molecule has 2 aromatic carbocycles. The summed E-state index contributed by atoms with van der Waals surface area (Å²) >= 11 is 0. The molecule has 0 radical (unpaired) electrons. The van der Waals surface area contributed by atoms with Crippen molar-refractivity contribution < 1.29 is 9.50 Å². The van der Waals surface area contributed by atoms with E-state index in [0.29, 0.717) is 5.92 Å². The minimum Gasteiger partial charge on any atom is -0.388 e. The predicted molar refractivity (Wildman–Crippen MR) is 97.8 cm³/mol. The summed E-state index contributed by atoms with van der Waals surface area (Å²) < 4.78 is 13.1. The summed E-state index contributed by atoms with van der Waals surface area (Å²) in [5, 5.41) is 10.3. The average molecular weight is 339 g/mol. The van der Waals surface area contributed by atoms with Crippen molar-refractivity contribution in [2.24, 2.45) is 11.8 Å². The lowest BCUT2D eigenvalue weighted by molar-refractivity contribution is 0.158. The highest BCUT2D eigenvalue weighted by Crippen LogP contribution is 2.51. The normalized spacial score (nSPS) is 26.9. The first-order valence-corrected chi connectivity index (χ1v) is 9.41. The summed E-state index contributed by atoms with van der Waals surface area (Å²) in [4.78, 5) is 2.55. The quantitative estimate of drug-likeness (QED) is 0.844. The Morgan fingerprint density at radius 1 is 1.04 bits per heavy atom. The molecule has 4 unspecified atom stereocenters. The molecule has 1 saturated carbocycles. The van der Waals surface area contributed by atoms with Crippen LogP contribution in [0.2, 0.25) is 0 Å². The van der Waals surface area contributed by atoms with Gasteiger partial charge in [-0.1, -0.05) is 42.5 Å². The molecule has 132 valence electrons. The molecule has 2 aliphatic rings. The molecule has 1 aliphatic heterocycles. The van der Waals surface area contributed by atoms with Gasteiger partial charge in [0.25, 0.3) is 0 Å². The highest BCUT2D eigenvalue weighted by atomic mass is 19.1. The molecule has 3 heteroatoms. The molecule has 4 atom stereocenters. The van der Waals surface area contributed by atoms with Crippen molar-refractivity contribution in [2.45, 2.75) is 31.3 Å². The molecule has 1 aliphatic carbocycles. The van der Waals surface area contributed by atoms with Gasteiger partial charge in [-0.25, -0.2) is 4.39 Å². The van der Waals surface area contributed by atoms with Crippen molar-refractivity contribution in [3.8, 4) is 0 Å². The first kappa shape index (κ1) is 16.7. The van der Waals surface area contributed by atoms with Crippen LogP contribution in [-0.2, 0) is 0 Å². The fraction of sp³-hybridized carbons (Fsp3) is 0.455. The number of fused-ring (bicyclic) bond motifs is 1. The van der Waals surface area contributed by atoms with Crippen molar-refractivity contribution in [2.75, 3.05) is 19.6 Å². The second kappa shape index (κ2) is 7.27. The van der Waals surface area contributed by atoms with Gasteiger partial charge in [0.05, 0.1) is 6.10 Å². The Morgan fingerprint density at radius 3 is 2.56 bits per heavy atom. The van der Waals surface area contributed by atoms with Crippen LogP contribution in [0.15, 0.2) is 54.6 Å². The van der Waals surface area contributed by atoms with E-state index in [2.05, 4.69) is 4.90 Å². The third kappa shape index (κ3) is 3.63. The topological polar surface area (TPSA) is 23.5 Å². The summed E-state index contributed by atoms with van der Waals surface area (Å²) in [6.45, 7) is 3.39. The number of halogens is 1. The number of likely N-dealkylation sites (tertiary alicyclic amines) is 1. The van der Waals surface area contributed by atoms with E-state index in [9.17, 15) is 9.50 Å². The van der Waals surface area contributed by atoms with Crippen LogP contribution in [0.5, 0.6) is 0 Å². The van der Waals surface area contributed by atoms with Gasteiger partial charge in [0.15, 0.2) is 0 Å². The second-order valence-corrected chi connectivity index (χ2v) is 7.65. The Labute approximate surface area is 149 Å². The standard InChI is InChI=1S/C22H26FNO/c23-19-10-8-16(9-11-19)20-13-18-14-24(15-21(18)20)12-4-7-22(25)17-5-2-1-3-6-17/h1-3,5-6,8-11,18,20-22,25H,4,7,12-15H2. The van der Waals surface area contributed by atoms with E-state index >= 15 is 0 Å². The van der Waals surface area contributed by atoms with E-state index in [4.69, 9.17) is 0 Å². The Balaban J connectivity index is 1.24. The van der Waals surface area contributed by atoms with Crippen LogP contribution in [0.4, 0.5) is 4.39 Å². The molecule has 0 aromatic heterocycles. The van der Waals surface area contributed by atoms with Gasteiger partial charge in [-0.15, -0.1) is 0 Å². The van der Waals surface area contributed by atoms with Crippen LogP contribution in [-0.4, -0.2) is 29.6 Å². The Bertz CT molecular complexity index is 687. The second-order valence-electron chi connectivity index (χ2n) is 7.65. The Hall–Kier alpha value is -1.71. The van der Waals surface area contributed by atoms with Crippen LogP contribution >= 0.6 is 0 Å². The Morgan fingerprint density at radius 2 is 1.80 bits per heavy atom. The van der Waals surface area contributed by atoms with E-state index in [0.717, 1.165) is 43.3 Å². The molecule has 25 heavy (non-hydrogen) atoms. The molecule has 1 N–H and O–H groups in total. The van der Waals surface area contributed by atoms with Gasteiger partial charge in [-0.3, -0.25) is 0 Å². The van der Waals surface area contributed by atoms with Crippen LogP contribution in [0.3, 0.4) is 0 Å². The molecule has 1 saturated heterocycles. The van der Waals surface area contributed by atoms with E-state index in [-0.39, 0.29) is 11.9 Å². The summed E-state index contributed by atoms with van der Waals surface area (Å²) in [5.41, 5.74) is 2.31. The van der Waals surface area contributed by atoms with Crippen molar-refractivity contribution in [1.29, 1.82) is 0 Å². The molecule has 2 fully saturated rings. The van der Waals surface area contributed by atoms with Gasteiger partial charge in [0.2, 0.25) is 0 Å². The number of rotatable bonds is 6. The molecule has 2 nitrogen and oxygen atoms in total. The molecule has 1 heterocycles. The molecular weight excluding hydrogens is 313 g/mol. The molecule has 0 spiro atoms. The minimum atomic E-state index is -0.354. The summed E-state index contributed by atoms with van der Waals surface area (Å²) in [5.74, 6) is 1.98. The largest absolute Gasteiger partial charge is 0.388 e. The lowest BCUT2D eigenvalue weighted by atomic mass is 9.64. The fourth-order valence-corrected chi connectivity index (χ4v) is 4.62. The smallest absolute Gasteiger partial charge is 0.123 e. The highest BCUT2D eigenvalue weighted by molar-refractivity contribution is 5.25. The summed E-state index contributed by atoms with van der Waals surface area (Å²) in [7, 11) is 0. The zero-order valence-electron chi connectivity index (χ0n) is 14.5. The zero-order chi connectivity index (χ0) is 17.2. The third-order valence-corrected chi connectivity index (χ3v) is 6.08. The van der Waals surface area contributed by atoms with E-state index in [1.807, 2.05) is 42.5 Å². The monoisotopic (exact) mass is 339 g/mol. The number of hydrogen-bond acceptors (Lipinski definition) is 2. The highest BCUT2D eigenvalue weighted by Gasteiger charge is 2.47. The predicted octanol–water partition coefficient (Wildman–Crippen LogP) is 4.37. The first-order valence-electron chi connectivity index (χ1n) is 9.41. The first-order chi connectivity index (χ1) is 12.2. The van der Waals surface area contributed by atoms with Crippen molar-refractivity contribution in [1.82, 2.24) is 4.90 Å². The van der Waals surface area contributed by atoms with E-state index in [1.54, 1.807) is 12.1 Å². The molecule has 0 amide bonds. The van der Waals surface area contributed by atoms with Crippen LogP contribution in [0.25, 0.3) is 0 Å². The SMILES string of the molecule is OC(CCCN1CC2CC(c3ccc(F)cc3)C2C1)c1ccccc1. The number of benzene rings is 2. The third-order valence-electron chi connectivity index (χ3n) is 6.08. The average Bonchev–Trinajstić information content (AvgIpc) is 2.94. The zero-order valence-corrected chi connectivity index (χ0v) is 14.5. The Kier molecular flexibility index (Phi) is 4.87. The van der Waals surface area contributed by atoms with Gasteiger partial charge >= 0.3 is 0 Å². The van der Waals surface area contributed by atoms with Gasteiger partial charge in [0, 0.05) is 13.1 Å². The van der Waals surface area contributed by atoms with Crippen molar-refractivity contribution >= 4 is 0 Å². The summed E-state index contributed by atoms with van der Waals surface area (Å²) in [6.07, 6.45) is 2.72. The van der Waals surface area contributed by atoms with Crippen molar-refractivity contribution in [3.05, 3.63) is 71.5 Å². The maximum Gasteiger partial charge on any atom is 0.123 e. The van der Waals surface area contributed by atoms with Gasteiger partial charge < -0.3 is 10.0 Å². The van der Waals surface area contributed by atoms with Gasteiger partial charge in [-0.2, -0.15) is 0 Å². The lowest BCUT2D eigenvalue weighted by Gasteiger charge is -2.40. The fourth-order valence-electron chi connectivity index (χ4n) is 4.62. The molecule has 2 aromatic rings. The molecule has 4 rings (SSSR count). The van der Waals surface area contributed by atoms with Crippen LogP contribution in [0, 0.1) is 17.7 Å². The molecular formula is C22H26FNO. The number of nitrogens with zero attached hydrogens (tertiary/aromatic N) is 1. The van der Waals surface area contributed by atoms with Crippen LogP contribution < -0.4 is 0 Å². The van der Waals surface area contributed by atoms with Gasteiger partial charge in [-0.05, 0) is 66.8 Å². The summed E-state index contributed by atoms with van der Waals surface area (Å²) in [6, 6.07) is 17.0. The number of aliphatic hydroxyl groups excluding tert-OH is 1. The van der Waals surface area contributed by atoms with E-state index in [1.165, 1.54) is 18.5 Å². The minimum absolute atomic E-state index is 0.148. The van der Waals surface area contributed by atoms with E-state index < -0.39 is 0 Å². The lowest BCUT2D eigenvalue weighted by Crippen LogP contribution is -2.33. The molecule has 0 bridgehead atoms. The van der Waals surface area contributed by atoms with Gasteiger partial charge in [0.1, 0.15) is 5.82 Å². The van der Waals surface area contributed by atoms with Crippen LogP contribution in [0.1, 0.15) is 42.4 Å².